The Morgan fingerprint density at radius 1 is 1.21 bits per heavy atom. The van der Waals surface area contributed by atoms with E-state index in [1.54, 1.807) is 0 Å². The van der Waals surface area contributed by atoms with Gasteiger partial charge < -0.3 is 10.6 Å². The molecule has 0 aliphatic rings. The summed E-state index contributed by atoms with van der Waals surface area (Å²) < 4.78 is 0. The lowest BCUT2D eigenvalue weighted by molar-refractivity contribution is 0.820. The molecule has 1 aromatic carbocycles. The molecule has 0 unspecified atom stereocenters. The molecule has 0 aliphatic carbocycles. The summed E-state index contributed by atoms with van der Waals surface area (Å²) in [7, 11) is 4.20. The standard InChI is InChI=1S/C16H23N3/c1-11-7-5-8-14-15(11)18-12(2)13(9-6-10-17)16(14)19(3)4/h5,7-8H,6,9-10,17H2,1-4H3. The minimum atomic E-state index is 0.720. The number of aryl methyl sites for hydroxylation is 2. The van der Waals surface area contributed by atoms with E-state index in [1.165, 1.54) is 22.2 Å². The molecule has 0 amide bonds. The Labute approximate surface area is 115 Å². The lowest BCUT2D eigenvalue weighted by Crippen LogP contribution is -2.15. The number of anilines is 1. The third-order valence-electron chi connectivity index (χ3n) is 3.57. The van der Waals surface area contributed by atoms with Crippen LogP contribution in [0, 0.1) is 13.8 Å². The smallest absolute Gasteiger partial charge is 0.0755 e. The summed E-state index contributed by atoms with van der Waals surface area (Å²) in [6.07, 6.45) is 1.99. The van der Waals surface area contributed by atoms with Gasteiger partial charge in [-0.3, -0.25) is 4.98 Å². The summed E-state index contributed by atoms with van der Waals surface area (Å²) >= 11 is 0. The maximum atomic E-state index is 5.66. The van der Waals surface area contributed by atoms with E-state index in [2.05, 4.69) is 51.0 Å². The molecule has 0 saturated carbocycles. The monoisotopic (exact) mass is 257 g/mol. The highest BCUT2D eigenvalue weighted by atomic mass is 15.1. The van der Waals surface area contributed by atoms with Crippen molar-refractivity contribution < 1.29 is 0 Å². The lowest BCUT2D eigenvalue weighted by atomic mass is 9.99. The number of para-hydroxylation sites is 1. The molecular weight excluding hydrogens is 234 g/mol. The van der Waals surface area contributed by atoms with Gasteiger partial charge in [0.05, 0.1) is 11.2 Å². The molecule has 1 heterocycles. The Bertz CT molecular complexity index is 588. The van der Waals surface area contributed by atoms with Gasteiger partial charge >= 0.3 is 0 Å². The van der Waals surface area contributed by atoms with E-state index < -0.39 is 0 Å². The van der Waals surface area contributed by atoms with E-state index in [4.69, 9.17) is 10.7 Å². The number of nitrogens with zero attached hydrogens (tertiary/aromatic N) is 2. The minimum Gasteiger partial charge on any atom is -0.377 e. The minimum absolute atomic E-state index is 0.720. The van der Waals surface area contributed by atoms with Crippen molar-refractivity contribution in [2.75, 3.05) is 25.5 Å². The highest BCUT2D eigenvalue weighted by Crippen LogP contribution is 2.32. The molecule has 0 spiro atoms. The summed E-state index contributed by atoms with van der Waals surface area (Å²) in [5.41, 5.74) is 11.7. The number of hydrogen-bond donors (Lipinski definition) is 1. The van der Waals surface area contributed by atoms with E-state index in [9.17, 15) is 0 Å². The highest BCUT2D eigenvalue weighted by molar-refractivity contribution is 5.95. The molecule has 2 N–H and O–H groups in total. The molecule has 102 valence electrons. The largest absolute Gasteiger partial charge is 0.377 e. The van der Waals surface area contributed by atoms with E-state index >= 15 is 0 Å². The Hall–Kier alpha value is -1.61. The van der Waals surface area contributed by atoms with Crippen molar-refractivity contribution in [2.45, 2.75) is 26.7 Å². The number of rotatable bonds is 4. The molecule has 0 aliphatic heterocycles. The van der Waals surface area contributed by atoms with Gasteiger partial charge in [0.15, 0.2) is 0 Å². The zero-order valence-corrected chi connectivity index (χ0v) is 12.3. The number of hydrogen-bond acceptors (Lipinski definition) is 3. The fourth-order valence-electron chi connectivity index (χ4n) is 2.66. The number of aromatic nitrogens is 1. The van der Waals surface area contributed by atoms with Crippen LogP contribution >= 0.6 is 0 Å². The molecule has 0 atom stereocenters. The predicted octanol–water partition coefficient (Wildman–Crippen LogP) is 2.81. The van der Waals surface area contributed by atoms with Crippen LogP contribution in [0.4, 0.5) is 5.69 Å². The molecule has 2 rings (SSSR count). The zero-order chi connectivity index (χ0) is 14.0. The summed E-state index contributed by atoms with van der Waals surface area (Å²) in [6, 6.07) is 6.39. The molecule has 19 heavy (non-hydrogen) atoms. The van der Waals surface area contributed by atoms with Gasteiger partial charge in [-0.15, -0.1) is 0 Å². The Morgan fingerprint density at radius 3 is 2.58 bits per heavy atom. The van der Waals surface area contributed by atoms with Gasteiger partial charge in [-0.2, -0.15) is 0 Å². The van der Waals surface area contributed by atoms with Crippen molar-refractivity contribution >= 4 is 16.6 Å². The van der Waals surface area contributed by atoms with Crippen LogP contribution in [0.5, 0.6) is 0 Å². The molecule has 1 aromatic heterocycles. The maximum Gasteiger partial charge on any atom is 0.0755 e. The number of pyridine rings is 1. The van der Waals surface area contributed by atoms with Crippen LogP contribution in [0.1, 0.15) is 23.2 Å². The Morgan fingerprint density at radius 2 is 1.95 bits per heavy atom. The SMILES string of the molecule is Cc1nc2c(C)cccc2c(N(C)C)c1CCCN. The van der Waals surface area contributed by atoms with Gasteiger partial charge in [0, 0.05) is 25.2 Å². The second kappa shape index (κ2) is 5.57. The van der Waals surface area contributed by atoms with Crippen LogP contribution in [-0.4, -0.2) is 25.6 Å². The van der Waals surface area contributed by atoms with Gasteiger partial charge in [0.2, 0.25) is 0 Å². The molecular formula is C16H23N3. The number of nitrogens with two attached hydrogens (primary N) is 1. The summed E-state index contributed by atoms with van der Waals surface area (Å²) in [5, 5.41) is 1.24. The third kappa shape index (κ3) is 2.56. The van der Waals surface area contributed by atoms with Crippen molar-refractivity contribution in [3.05, 3.63) is 35.0 Å². The van der Waals surface area contributed by atoms with Crippen LogP contribution < -0.4 is 10.6 Å². The van der Waals surface area contributed by atoms with Gasteiger partial charge in [-0.25, -0.2) is 0 Å². The van der Waals surface area contributed by atoms with Crippen LogP contribution in [-0.2, 0) is 6.42 Å². The fraction of sp³-hybridized carbons (Fsp3) is 0.438. The second-order valence-corrected chi connectivity index (χ2v) is 5.28. The van der Waals surface area contributed by atoms with E-state index in [1.807, 2.05) is 0 Å². The van der Waals surface area contributed by atoms with Crippen molar-refractivity contribution in [3.8, 4) is 0 Å². The average Bonchev–Trinajstić information content (AvgIpc) is 2.36. The predicted molar refractivity (Wildman–Crippen MR) is 82.9 cm³/mol. The summed E-state index contributed by atoms with van der Waals surface area (Å²) in [4.78, 5) is 7.00. The molecule has 0 saturated heterocycles. The molecule has 0 fully saturated rings. The molecule has 3 heteroatoms. The first-order valence-corrected chi connectivity index (χ1v) is 6.82. The first kappa shape index (κ1) is 13.8. The van der Waals surface area contributed by atoms with Gasteiger partial charge in [0.1, 0.15) is 0 Å². The molecule has 0 bridgehead atoms. The van der Waals surface area contributed by atoms with Crippen molar-refractivity contribution in [1.29, 1.82) is 0 Å². The highest BCUT2D eigenvalue weighted by Gasteiger charge is 2.14. The van der Waals surface area contributed by atoms with Gasteiger partial charge in [-0.05, 0) is 44.4 Å². The zero-order valence-electron chi connectivity index (χ0n) is 12.3. The van der Waals surface area contributed by atoms with Crippen molar-refractivity contribution in [2.24, 2.45) is 5.73 Å². The van der Waals surface area contributed by atoms with E-state index in [-0.39, 0.29) is 0 Å². The van der Waals surface area contributed by atoms with E-state index in [0.29, 0.717) is 0 Å². The molecule has 3 nitrogen and oxygen atoms in total. The maximum absolute atomic E-state index is 5.66. The first-order chi connectivity index (χ1) is 9.06. The second-order valence-electron chi connectivity index (χ2n) is 5.28. The first-order valence-electron chi connectivity index (χ1n) is 6.82. The quantitative estimate of drug-likeness (QED) is 0.915. The normalized spacial score (nSPS) is 11.0. The van der Waals surface area contributed by atoms with Crippen molar-refractivity contribution in [1.82, 2.24) is 4.98 Å². The van der Waals surface area contributed by atoms with Crippen LogP contribution in [0.25, 0.3) is 10.9 Å². The van der Waals surface area contributed by atoms with Crippen LogP contribution in [0.2, 0.25) is 0 Å². The summed E-state index contributed by atoms with van der Waals surface area (Å²) in [5.74, 6) is 0. The average molecular weight is 257 g/mol. The van der Waals surface area contributed by atoms with Gasteiger partial charge in [-0.1, -0.05) is 18.2 Å². The van der Waals surface area contributed by atoms with Gasteiger partial charge in [0.25, 0.3) is 0 Å². The lowest BCUT2D eigenvalue weighted by Gasteiger charge is -2.22. The topological polar surface area (TPSA) is 42.2 Å². The van der Waals surface area contributed by atoms with Crippen molar-refractivity contribution in [3.63, 3.8) is 0 Å². The third-order valence-corrected chi connectivity index (χ3v) is 3.57. The number of benzene rings is 1. The molecule has 0 radical (unpaired) electrons. The van der Waals surface area contributed by atoms with E-state index in [0.717, 1.165) is 30.6 Å². The Balaban J connectivity index is 2.74. The number of fused-ring (bicyclic) bond motifs is 1. The van der Waals surface area contributed by atoms with Crippen LogP contribution in [0.3, 0.4) is 0 Å². The Kier molecular flexibility index (Phi) is 4.05. The van der Waals surface area contributed by atoms with Crippen LogP contribution in [0.15, 0.2) is 18.2 Å². The molecule has 2 aromatic rings. The summed E-state index contributed by atoms with van der Waals surface area (Å²) in [6.45, 7) is 4.94. The fourth-order valence-corrected chi connectivity index (χ4v) is 2.66.